The average Bonchev–Trinajstić information content (AvgIpc) is 3.49. The van der Waals surface area contributed by atoms with E-state index < -0.39 is 5.91 Å². The summed E-state index contributed by atoms with van der Waals surface area (Å²) in [6, 6.07) is 8.40. The Labute approximate surface area is 157 Å². The number of ether oxygens (including phenoxy) is 1. The van der Waals surface area contributed by atoms with Gasteiger partial charge in [-0.05, 0) is 59.1 Å². The predicted molar refractivity (Wildman–Crippen MR) is 100 cm³/mol. The molecule has 0 bridgehead atoms. The van der Waals surface area contributed by atoms with Crippen molar-refractivity contribution in [1.82, 2.24) is 14.6 Å². The Hall–Kier alpha value is -2.74. The molecule has 0 spiro atoms. The lowest BCUT2D eigenvalue weighted by Crippen LogP contribution is -2.36. The highest BCUT2D eigenvalue weighted by Gasteiger charge is 2.30. The Morgan fingerprint density at radius 2 is 2.15 bits per heavy atom. The second-order valence-electron chi connectivity index (χ2n) is 6.05. The van der Waals surface area contributed by atoms with E-state index in [1.807, 2.05) is 0 Å². The monoisotopic (exact) mass is 414 g/mol. The van der Waals surface area contributed by atoms with Gasteiger partial charge in [-0.1, -0.05) is 0 Å². The number of carbonyl (C=O) groups excluding carboxylic acids is 1. The van der Waals surface area contributed by atoms with Gasteiger partial charge in [-0.15, -0.1) is 0 Å². The molecule has 132 valence electrons. The van der Waals surface area contributed by atoms with Crippen LogP contribution in [0.15, 0.2) is 45.8 Å². The van der Waals surface area contributed by atoms with Gasteiger partial charge in [-0.3, -0.25) is 15.0 Å². The molecule has 8 heteroatoms. The fraction of sp³-hybridized carbons (Fsp3) is 0.222. The molecule has 0 atom stereocenters. The highest BCUT2D eigenvalue weighted by molar-refractivity contribution is 9.10. The molecule has 2 heterocycles. The largest absolute Gasteiger partial charge is 0.497 e. The third kappa shape index (κ3) is 2.96. The van der Waals surface area contributed by atoms with E-state index in [1.165, 1.54) is 11.8 Å². The molecule has 3 aromatic rings. The zero-order valence-corrected chi connectivity index (χ0v) is 15.5. The first-order chi connectivity index (χ1) is 12.6. The van der Waals surface area contributed by atoms with Crippen LogP contribution in [0.25, 0.3) is 11.0 Å². The van der Waals surface area contributed by atoms with Gasteiger partial charge in [0.1, 0.15) is 11.6 Å². The molecule has 1 aliphatic carbocycles. The zero-order valence-electron chi connectivity index (χ0n) is 13.9. The molecule has 0 radical (unpaired) electrons. The van der Waals surface area contributed by atoms with Crippen LogP contribution < -0.4 is 15.7 Å². The van der Waals surface area contributed by atoms with E-state index in [4.69, 9.17) is 4.74 Å². The molecule has 7 nitrogen and oxygen atoms in total. The smallest absolute Gasteiger partial charge is 0.282 e. The molecular formula is C18H15BrN4O3. The van der Waals surface area contributed by atoms with Crippen LogP contribution in [0.2, 0.25) is 0 Å². The lowest BCUT2D eigenvalue weighted by atomic mass is 10.2. The van der Waals surface area contributed by atoms with Crippen molar-refractivity contribution >= 4 is 32.9 Å². The normalized spacial score (nSPS) is 13.6. The first kappa shape index (κ1) is 16.7. The SMILES string of the molecule is COc1ccc(Br)c(C(=O)Nn2c(C3CC3)nc3ncccc3c2=O)c1. The minimum absolute atomic E-state index is 0.156. The number of benzene rings is 1. The van der Waals surface area contributed by atoms with Crippen molar-refractivity contribution in [2.75, 3.05) is 12.5 Å². The number of nitrogens with one attached hydrogen (secondary N) is 1. The third-order valence-corrected chi connectivity index (χ3v) is 4.94. The molecule has 1 amide bonds. The second-order valence-corrected chi connectivity index (χ2v) is 6.90. The van der Waals surface area contributed by atoms with Crippen LogP contribution >= 0.6 is 15.9 Å². The van der Waals surface area contributed by atoms with Gasteiger partial charge in [-0.25, -0.2) is 14.6 Å². The van der Waals surface area contributed by atoms with Crippen molar-refractivity contribution in [3.8, 4) is 5.75 Å². The summed E-state index contributed by atoms with van der Waals surface area (Å²) in [6.07, 6.45) is 3.47. The zero-order chi connectivity index (χ0) is 18.3. The molecule has 4 rings (SSSR count). The average molecular weight is 415 g/mol. The van der Waals surface area contributed by atoms with Crippen LogP contribution in [0, 0.1) is 0 Å². The molecule has 2 aromatic heterocycles. The molecule has 1 fully saturated rings. The van der Waals surface area contributed by atoms with Gasteiger partial charge >= 0.3 is 0 Å². The maximum absolute atomic E-state index is 12.9. The Morgan fingerprint density at radius 3 is 2.88 bits per heavy atom. The summed E-state index contributed by atoms with van der Waals surface area (Å²) >= 11 is 3.36. The van der Waals surface area contributed by atoms with Crippen molar-refractivity contribution in [2.45, 2.75) is 18.8 Å². The number of hydrogen-bond acceptors (Lipinski definition) is 5. The van der Waals surface area contributed by atoms with Crippen LogP contribution in [0.4, 0.5) is 0 Å². The summed E-state index contributed by atoms with van der Waals surface area (Å²) in [5.41, 5.74) is 3.12. The van der Waals surface area contributed by atoms with Gasteiger partial charge in [0.25, 0.3) is 11.5 Å². The van der Waals surface area contributed by atoms with Gasteiger partial charge in [-0.2, -0.15) is 0 Å². The Kier molecular flexibility index (Phi) is 4.20. The van der Waals surface area contributed by atoms with E-state index in [0.717, 1.165) is 12.8 Å². The number of halogens is 1. The number of amides is 1. The number of carbonyl (C=O) groups is 1. The van der Waals surface area contributed by atoms with Gasteiger partial charge in [0.05, 0.1) is 18.1 Å². The molecule has 1 aliphatic rings. The minimum Gasteiger partial charge on any atom is -0.497 e. The van der Waals surface area contributed by atoms with E-state index in [0.29, 0.717) is 32.6 Å². The fourth-order valence-corrected chi connectivity index (χ4v) is 3.15. The summed E-state index contributed by atoms with van der Waals surface area (Å²) < 4.78 is 7.02. The summed E-state index contributed by atoms with van der Waals surface area (Å²) in [6.45, 7) is 0. The van der Waals surface area contributed by atoms with E-state index in [9.17, 15) is 9.59 Å². The van der Waals surface area contributed by atoms with Crippen LogP contribution in [-0.4, -0.2) is 27.7 Å². The van der Waals surface area contributed by atoms with E-state index in [2.05, 4.69) is 31.3 Å². The molecule has 26 heavy (non-hydrogen) atoms. The predicted octanol–water partition coefficient (Wildman–Crippen LogP) is 2.82. The highest BCUT2D eigenvalue weighted by atomic mass is 79.9. The number of rotatable bonds is 4. The molecule has 0 unspecified atom stereocenters. The van der Waals surface area contributed by atoms with Crippen molar-refractivity contribution < 1.29 is 9.53 Å². The third-order valence-electron chi connectivity index (χ3n) is 4.24. The number of nitrogens with zero attached hydrogens (tertiary/aromatic N) is 3. The summed E-state index contributed by atoms with van der Waals surface area (Å²) in [7, 11) is 1.53. The number of methoxy groups -OCH3 is 1. The lowest BCUT2D eigenvalue weighted by molar-refractivity contribution is 0.100. The van der Waals surface area contributed by atoms with Crippen molar-refractivity contribution in [3.63, 3.8) is 0 Å². The Bertz CT molecular complexity index is 1080. The van der Waals surface area contributed by atoms with E-state index >= 15 is 0 Å². The lowest BCUT2D eigenvalue weighted by Gasteiger charge is -2.14. The summed E-state index contributed by atoms with van der Waals surface area (Å²) in [5, 5.41) is 0.363. The highest BCUT2D eigenvalue weighted by Crippen LogP contribution is 2.38. The number of fused-ring (bicyclic) bond motifs is 1. The van der Waals surface area contributed by atoms with E-state index in [1.54, 1.807) is 36.5 Å². The number of aromatic nitrogens is 3. The van der Waals surface area contributed by atoms with E-state index in [-0.39, 0.29) is 11.5 Å². The van der Waals surface area contributed by atoms with Gasteiger partial charge < -0.3 is 4.74 Å². The molecular weight excluding hydrogens is 400 g/mol. The first-order valence-electron chi connectivity index (χ1n) is 8.11. The molecule has 0 saturated heterocycles. The topological polar surface area (TPSA) is 86.1 Å². The second kappa shape index (κ2) is 6.53. The fourth-order valence-electron chi connectivity index (χ4n) is 2.73. The summed E-state index contributed by atoms with van der Waals surface area (Å²) in [5.74, 6) is 0.815. The van der Waals surface area contributed by atoms with Crippen molar-refractivity contribution in [1.29, 1.82) is 0 Å². The number of pyridine rings is 1. The Morgan fingerprint density at radius 1 is 1.35 bits per heavy atom. The minimum atomic E-state index is -0.426. The van der Waals surface area contributed by atoms with Gasteiger partial charge in [0.2, 0.25) is 0 Å². The molecule has 1 N–H and O–H groups in total. The maximum atomic E-state index is 12.9. The van der Waals surface area contributed by atoms with Gasteiger partial charge in [0.15, 0.2) is 5.65 Å². The molecule has 1 saturated carbocycles. The van der Waals surface area contributed by atoms with Crippen LogP contribution in [0.3, 0.4) is 0 Å². The van der Waals surface area contributed by atoms with Crippen LogP contribution in [0.1, 0.15) is 34.9 Å². The first-order valence-corrected chi connectivity index (χ1v) is 8.90. The number of hydrogen-bond donors (Lipinski definition) is 1. The molecule has 1 aromatic carbocycles. The van der Waals surface area contributed by atoms with Crippen LogP contribution in [-0.2, 0) is 0 Å². The molecule has 0 aliphatic heterocycles. The Balaban J connectivity index is 1.79. The van der Waals surface area contributed by atoms with Gasteiger partial charge in [0, 0.05) is 16.6 Å². The van der Waals surface area contributed by atoms with Crippen molar-refractivity contribution in [2.24, 2.45) is 0 Å². The maximum Gasteiger partial charge on any atom is 0.282 e. The van der Waals surface area contributed by atoms with Crippen molar-refractivity contribution in [3.05, 3.63) is 62.7 Å². The summed E-state index contributed by atoms with van der Waals surface area (Å²) in [4.78, 5) is 34.3. The quantitative estimate of drug-likeness (QED) is 0.709. The van der Waals surface area contributed by atoms with Crippen LogP contribution in [0.5, 0.6) is 5.75 Å². The standard InChI is InChI=1S/C18H15BrN4O3/c1-26-11-6-7-14(19)13(9-11)17(24)22-23-16(10-4-5-10)21-15-12(18(23)25)3-2-8-20-15/h2-3,6-10H,4-5H2,1H3,(H,22,24).